The van der Waals surface area contributed by atoms with Crippen molar-refractivity contribution in [2.24, 2.45) is 0 Å². The van der Waals surface area contributed by atoms with Crippen LogP contribution >= 0.6 is 15.9 Å². The van der Waals surface area contributed by atoms with Crippen LogP contribution in [0.3, 0.4) is 0 Å². The SMILES string of the molecule is CCN(CCCBr)c1ccccc1F. The van der Waals surface area contributed by atoms with Gasteiger partial charge < -0.3 is 4.90 Å². The first-order valence-electron chi connectivity index (χ1n) is 4.85. The summed E-state index contributed by atoms with van der Waals surface area (Å²) in [6.45, 7) is 3.78. The summed E-state index contributed by atoms with van der Waals surface area (Å²) in [5.74, 6) is -0.135. The van der Waals surface area contributed by atoms with Crippen LogP contribution in [0.4, 0.5) is 10.1 Å². The average Bonchev–Trinajstić information content (AvgIpc) is 2.21. The van der Waals surface area contributed by atoms with Crippen molar-refractivity contribution in [1.82, 2.24) is 0 Å². The van der Waals surface area contributed by atoms with Gasteiger partial charge in [-0.1, -0.05) is 28.1 Å². The third kappa shape index (κ3) is 2.98. The van der Waals surface area contributed by atoms with E-state index in [4.69, 9.17) is 0 Å². The molecule has 14 heavy (non-hydrogen) atoms. The number of halogens is 2. The molecule has 3 heteroatoms. The minimum Gasteiger partial charge on any atom is -0.369 e. The number of nitrogens with zero attached hydrogens (tertiary/aromatic N) is 1. The summed E-state index contributed by atoms with van der Waals surface area (Å²) in [6, 6.07) is 6.92. The van der Waals surface area contributed by atoms with Gasteiger partial charge in [0.1, 0.15) is 5.82 Å². The predicted molar refractivity (Wildman–Crippen MR) is 62.7 cm³/mol. The molecule has 1 nitrogen and oxygen atoms in total. The second-order valence-electron chi connectivity index (χ2n) is 3.07. The molecule has 0 spiro atoms. The number of anilines is 1. The molecule has 0 saturated carbocycles. The number of para-hydroxylation sites is 1. The van der Waals surface area contributed by atoms with Gasteiger partial charge in [0, 0.05) is 18.4 Å². The maximum absolute atomic E-state index is 13.4. The molecule has 0 aliphatic rings. The average molecular weight is 260 g/mol. The van der Waals surface area contributed by atoms with Crippen molar-refractivity contribution in [3.63, 3.8) is 0 Å². The van der Waals surface area contributed by atoms with Gasteiger partial charge in [-0.25, -0.2) is 4.39 Å². The molecule has 0 fully saturated rings. The van der Waals surface area contributed by atoms with Crippen LogP contribution in [0.2, 0.25) is 0 Å². The number of alkyl halides is 1. The largest absolute Gasteiger partial charge is 0.369 e. The minimum absolute atomic E-state index is 0.135. The van der Waals surface area contributed by atoms with Crippen LogP contribution in [-0.2, 0) is 0 Å². The second kappa shape index (κ2) is 6.02. The van der Waals surface area contributed by atoms with Crippen LogP contribution in [-0.4, -0.2) is 18.4 Å². The molecular formula is C11H15BrFN. The standard InChI is InChI=1S/C11H15BrFN/c1-2-14(9-5-8-12)11-7-4-3-6-10(11)13/h3-4,6-7H,2,5,8-9H2,1H3. The Labute approximate surface area is 93.0 Å². The molecule has 0 heterocycles. The van der Waals surface area contributed by atoms with Gasteiger partial charge >= 0.3 is 0 Å². The Morgan fingerprint density at radius 2 is 2.07 bits per heavy atom. The summed E-state index contributed by atoms with van der Waals surface area (Å²) in [6.07, 6.45) is 1.03. The van der Waals surface area contributed by atoms with E-state index in [0.717, 1.165) is 24.8 Å². The summed E-state index contributed by atoms with van der Waals surface area (Å²) in [7, 11) is 0. The highest BCUT2D eigenvalue weighted by Gasteiger charge is 2.07. The summed E-state index contributed by atoms with van der Waals surface area (Å²) in [5, 5.41) is 0.956. The molecule has 0 radical (unpaired) electrons. The Balaban J connectivity index is 2.73. The predicted octanol–water partition coefficient (Wildman–Crippen LogP) is 3.44. The summed E-state index contributed by atoms with van der Waals surface area (Å²) >= 11 is 3.38. The van der Waals surface area contributed by atoms with Crippen molar-refractivity contribution in [2.75, 3.05) is 23.3 Å². The number of hydrogen-bond acceptors (Lipinski definition) is 1. The number of benzene rings is 1. The topological polar surface area (TPSA) is 3.24 Å². The van der Waals surface area contributed by atoms with Crippen LogP contribution in [0.25, 0.3) is 0 Å². The highest BCUT2D eigenvalue weighted by molar-refractivity contribution is 9.09. The summed E-state index contributed by atoms with van der Waals surface area (Å²) < 4.78 is 13.4. The van der Waals surface area contributed by atoms with Crippen LogP contribution in [0, 0.1) is 5.82 Å². The first kappa shape index (κ1) is 11.5. The van der Waals surface area contributed by atoms with E-state index >= 15 is 0 Å². The highest BCUT2D eigenvalue weighted by atomic mass is 79.9. The lowest BCUT2D eigenvalue weighted by atomic mass is 10.2. The summed E-state index contributed by atoms with van der Waals surface area (Å²) in [4.78, 5) is 2.05. The van der Waals surface area contributed by atoms with E-state index in [2.05, 4.69) is 20.8 Å². The van der Waals surface area contributed by atoms with Crippen LogP contribution in [0.5, 0.6) is 0 Å². The van der Waals surface area contributed by atoms with Gasteiger partial charge in [-0.3, -0.25) is 0 Å². The normalized spacial score (nSPS) is 10.2. The first-order valence-corrected chi connectivity index (χ1v) is 5.97. The maximum Gasteiger partial charge on any atom is 0.146 e. The van der Waals surface area contributed by atoms with Gasteiger partial charge in [-0.2, -0.15) is 0 Å². The van der Waals surface area contributed by atoms with Crippen molar-refractivity contribution >= 4 is 21.6 Å². The molecule has 1 aromatic carbocycles. The maximum atomic E-state index is 13.4. The second-order valence-corrected chi connectivity index (χ2v) is 3.87. The van der Waals surface area contributed by atoms with Crippen LogP contribution in [0.1, 0.15) is 13.3 Å². The first-order chi connectivity index (χ1) is 6.79. The van der Waals surface area contributed by atoms with Crippen molar-refractivity contribution in [2.45, 2.75) is 13.3 Å². The van der Waals surface area contributed by atoms with Crippen molar-refractivity contribution < 1.29 is 4.39 Å². The van der Waals surface area contributed by atoms with Gasteiger partial charge in [-0.05, 0) is 25.5 Å². The monoisotopic (exact) mass is 259 g/mol. The molecule has 78 valence electrons. The molecule has 0 bridgehead atoms. The van der Waals surface area contributed by atoms with Gasteiger partial charge in [0.25, 0.3) is 0 Å². The molecule has 0 aliphatic heterocycles. The fraction of sp³-hybridized carbons (Fsp3) is 0.455. The molecule has 0 aromatic heterocycles. The van der Waals surface area contributed by atoms with Gasteiger partial charge in [0.2, 0.25) is 0 Å². The Morgan fingerprint density at radius 1 is 1.36 bits per heavy atom. The Morgan fingerprint density at radius 3 is 2.64 bits per heavy atom. The Kier molecular flexibility index (Phi) is 4.94. The number of rotatable bonds is 5. The molecule has 1 rings (SSSR count). The quantitative estimate of drug-likeness (QED) is 0.733. The molecule has 0 amide bonds. The fourth-order valence-corrected chi connectivity index (χ4v) is 1.66. The molecule has 0 aliphatic carbocycles. The van der Waals surface area contributed by atoms with Crippen molar-refractivity contribution in [3.05, 3.63) is 30.1 Å². The molecular weight excluding hydrogens is 245 g/mol. The van der Waals surface area contributed by atoms with E-state index in [1.807, 2.05) is 19.1 Å². The minimum atomic E-state index is -0.135. The molecule has 0 saturated heterocycles. The van der Waals surface area contributed by atoms with Gasteiger partial charge in [0.05, 0.1) is 5.69 Å². The van der Waals surface area contributed by atoms with E-state index in [0.29, 0.717) is 5.69 Å². The van der Waals surface area contributed by atoms with E-state index in [1.165, 1.54) is 6.07 Å². The van der Waals surface area contributed by atoms with Gasteiger partial charge in [-0.15, -0.1) is 0 Å². The lowest BCUT2D eigenvalue weighted by Gasteiger charge is -2.23. The molecule has 0 atom stereocenters. The van der Waals surface area contributed by atoms with Crippen LogP contribution < -0.4 is 4.90 Å². The van der Waals surface area contributed by atoms with Crippen LogP contribution in [0.15, 0.2) is 24.3 Å². The Bertz CT molecular complexity index is 278. The zero-order valence-electron chi connectivity index (χ0n) is 8.34. The molecule has 0 N–H and O–H groups in total. The summed E-state index contributed by atoms with van der Waals surface area (Å²) in [5.41, 5.74) is 0.705. The highest BCUT2D eigenvalue weighted by Crippen LogP contribution is 2.18. The van der Waals surface area contributed by atoms with E-state index in [-0.39, 0.29) is 5.82 Å². The molecule has 1 aromatic rings. The van der Waals surface area contributed by atoms with E-state index < -0.39 is 0 Å². The van der Waals surface area contributed by atoms with E-state index in [1.54, 1.807) is 6.07 Å². The van der Waals surface area contributed by atoms with Crippen molar-refractivity contribution in [3.8, 4) is 0 Å². The zero-order valence-corrected chi connectivity index (χ0v) is 9.93. The Hall–Kier alpha value is -0.570. The number of hydrogen-bond donors (Lipinski definition) is 0. The lowest BCUT2D eigenvalue weighted by molar-refractivity contribution is 0.617. The van der Waals surface area contributed by atoms with E-state index in [9.17, 15) is 4.39 Å². The third-order valence-corrected chi connectivity index (χ3v) is 2.70. The molecule has 0 unspecified atom stereocenters. The van der Waals surface area contributed by atoms with Gasteiger partial charge in [0.15, 0.2) is 0 Å². The third-order valence-electron chi connectivity index (χ3n) is 2.14. The smallest absolute Gasteiger partial charge is 0.146 e. The fourth-order valence-electron chi connectivity index (χ4n) is 1.41. The lowest BCUT2D eigenvalue weighted by Crippen LogP contribution is -2.25. The van der Waals surface area contributed by atoms with Crippen molar-refractivity contribution in [1.29, 1.82) is 0 Å². The zero-order chi connectivity index (χ0) is 10.4.